The van der Waals surface area contributed by atoms with Crippen LogP contribution in [-0.2, 0) is 4.79 Å². The summed E-state index contributed by atoms with van der Waals surface area (Å²) in [6.45, 7) is 6.42. The highest BCUT2D eigenvalue weighted by atomic mass is 35.5. The van der Waals surface area contributed by atoms with Crippen molar-refractivity contribution in [3.63, 3.8) is 0 Å². The number of hydrogen-bond acceptors (Lipinski definition) is 3. The highest BCUT2D eigenvalue weighted by Crippen LogP contribution is 2.27. The van der Waals surface area contributed by atoms with E-state index in [0.29, 0.717) is 11.6 Å². The normalized spacial score (nSPS) is 13.1. The van der Waals surface area contributed by atoms with Gasteiger partial charge >= 0.3 is 0 Å². The van der Waals surface area contributed by atoms with Crippen LogP contribution in [0.1, 0.15) is 25.8 Å². The molecule has 0 saturated heterocycles. The van der Waals surface area contributed by atoms with Crippen LogP contribution in [0.3, 0.4) is 0 Å². The number of carbonyl (C=O) groups is 1. The molecule has 0 aromatic heterocycles. The number of ether oxygens (including phenoxy) is 1. The Bertz CT molecular complexity index is 690. The van der Waals surface area contributed by atoms with E-state index in [1.807, 2.05) is 69.3 Å². The van der Waals surface area contributed by atoms with E-state index in [9.17, 15) is 4.79 Å². The number of carbonyl (C=O) groups excluding carboxylic acids is 1. The predicted molar refractivity (Wildman–Crippen MR) is 106 cm³/mol. The third-order valence-corrected chi connectivity index (χ3v) is 5.35. The van der Waals surface area contributed by atoms with Crippen LogP contribution in [0, 0.1) is 6.92 Å². The Balaban J connectivity index is 1.85. The predicted octanol–water partition coefficient (Wildman–Crippen LogP) is 5.10. The molecule has 3 nitrogen and oxygen atoms in total. The summed E-state index contributed by atoms with van der Waals surface area (Å²) in [4.78, 5) is 13.6. The van der Waals surface area contributed by atoms with Crippen molar-refractivity contribution in [3.05, 3.63) is 59.1 Å². The molecular weight excluding hydrogens is 354 g/mol. The zero-order valence-corrected chi connectivity index (χ0v) is 16.4. The summed E-state index contributed by atoms with van der Waals surface area (Å²) < 4.78 is 5.81. The fourth-order valence-electron chi connectivity index (χ4n) is 2.31. The molecule has 0 aliphatic carbocycles. The van der Waals surface area contributed by atoms with Gasteiger partial charge in [-0.1, -0.05) is 36.7 Å². The highest BCUT2D eigenvalue weighted by molar-refractivity contribution is 8.00. The maximum absolute atomic E-state index is 12.5. The molecule has 2 atom stereocenters. The van der Waals surface area contributed by atoms with E-state index in [4.69, 9.17) is 16.3 Å². The Morgan fingerprint density at radius 3 is 2.52 bits per heavy atom. The fourth-order valence-corrected chi connectivity index (χ4v) is 3.40. The molecule has 0 aliphatic heterocycles. The Morgan fingerprint density at radius 1 is 1.20 bits per heavy atom. The molecule has 2 unspecified atom stereocenters. The lowest BCUT2D eigenvalue weighted by molar-refractivity contribution is -0.121. The first-order chi connectivity index (χ1) is 12.0. The van der Waals surface area contributed by atoms with E-state index in [1.54, 1.807) is 11.8 Å². The summed E-state index contributed by atoms with van der Waals surface area (Å²) in [6, 6.07) is 15.4. The zero-order chi connectivity index (χ0) is 18.2. The average Bonchev–Trinajstić information content (AvgIpc) is 2.60. The number of halogens is 1. The zero-order valence-electron chi connectivity index (χ0n) is 14.8. The van der Waals surface area contributed by atoms with Gasteiger partial charge in [-0.05, 0) is 56.2 Å². The topological polar surface area (TPSA) is 38.3 Å². The van der Waals surface area contributed by atoms with Crippen LogP contribution in [0.4, 0.5) is 0 Å². The number of aryl methyl sites for hydroxylation is 1. The van der Waals surface area contributed by atoms with Crippen molar-refractivity contribution in [2.75, 3.05) is 6.61 Å². The van der Waals surface area contributed by atoms with Gasteiger partial charge in [-0.15, -0.1) is 11.8 Å². The van der Waals surface area contributed by atoms with Gasteiger partial charge in [-0.25, -0.2) is 0 Å². The second-order valence-corrected chi connectivity index (χ2v) is 7.67. The minimum Gasteiger partial charge on any atom is -0.491 e. The van der Waals surface area contributed by atoms with Gasteiger partial charge in [-0.3, -0.25) is 4.79 Å². The second-order valence-electron chi connectivity index (χ2n) is 5.95. The Morgan fingerprint density at radius 2 is 1.88 bits per heavy atom. The number of amides is 1. The summed E-state index contributed by atoms with van der Waals surface area (Å²) in [6.07, 6.45) is 0.754. The van der Waals surface area contributed by atoms with Crippen molar-refractivity contribution in [1.29, 1.82) is 0 Å². The van der Waals surface area contributed by atoms with Gasteiger partial charge in [0, 0.05) is 9.92 Å². The maximum Gasteiger partial charge on any atom is 0.233 e. The van der Waals surface area contributed by atoms with E-state index in [-0.39, 0.29) is 17.2 Å². The van der Waals surface area contributed by atoms with Gasteiger partial charge in [0.25, 0.3) is 0 Å². The van der Waals surface area contributed by atoms with Crippen LogP contribution < -0.4 is 10.1 Å². The SMILES string of the molecule is CCC(Sc1ccc(Cl)cc1)C(=O)NC(C)COc1ccccc1C. The van der Waals surface area contributed by atoms with Crippen LogP contribution in [0.25, 0.3) is 0 Å². The van der Waals surface area contributed by atoms with E-state index in [0.717, 1.165) is 22.6 Å². The quantitative estimate of drug-likeness (QED) is 0.650. The van der Waals surface area contributed by atoms with Crippen molar-refractivity contribution < 1.29 is 9.53 Å². The molecule has 2 rings (SSSR count). The lowest BCUT2D eigenvalue weighted by Gasteiger charge is -2.20. The van der Waals surface area contributed by atoms with Gasteiger partial charge in [-0.2, -0.15) is 0 Å². The van der Waals surface area contributed by atoms with E-state index < -0.39 is 0 Å². The molecule has 5 heteroatoms. The fraction of sp³-hybridized carbons (Fsp3) is 0.350. The average molecular weight is 378 g/mol. The molecule has 2 aromatic rings. The van der Waals surface area contributed by atoms with Crippen molar-refractivity contribution in [2.45, 2.75) is 43.4 Å². The molecule has 0 aliphatic rings. The third kappa shape index (κ3) is 6.29. The van der Waals surface area contributed by atoms with Gasteiger partial charge in [0.05, 0.1) is 11.3 Å². The van der Waals surface area contributed by atoms with Crippen LogP contribution in [-0.4, -0.2) is 23.8 Å². The van der Waals surface area contributed by atoms with Gasteiger partial charge in [0.1, 0.15) is 12.4 Å². The molecule has 0 fully saturated rings. The van der Waals surface area contributed by atoms with Crippen LogP contribution in [0.15, 0.2) is 53.4 Å². The van der Waals surface area contributed by atoms with E-state index in [1.165, 1.54) is 0 Å². The number of nitrogens with one attached hydrogen (secondary N) is 1. The number of thioether (sulfide) groups is 1. The molecule has 0 spiro atoms. The molecule has 2 aromatic carbocycles. The molecular formula is C20H24ClNO2S. The minimum atomic E-state index is -0.137. The third-order valence-electron chi connectivity index (χ3n) is 3.73. The van der Waals surface area contributed by atoms with E-state index in [2.05, 4.69) is 5.32 Å². The largest absolute Gasteiger partial charge is 0.491 e. The first kappa shape index (κ1) is 19.7. The van der Waals surface area contributed by atoms with E-state index >= 15 is 0 Å². The summed E-state index contributed by atoms with van der Waals surface area (Å²) in [5.41, 5.74) is 1.09. The highest BCUT2D eigenvalue weighted by Gasteiger charge is 2.20. The first-order valence-corrected chi connectivity index (χ1v) is 9.66. The van der Waals surface area contributed by atoms with Gasteiger partial charge < -0.3 is 10.1 Å². The molecule has 134 valence electrons. The lowest BCUT2D eigenvalue weighted by Crippen LogP contribution is -2.41. The standard InChI is InChI=1S/C20H24ClNO2S/c1-4-19(25-17-11-9-16(21)10-12-17)20(23)22-15(3)13-24-18-8-6-5-7-14(18)2/h5-12,15,19H,4,13H2,1-3H3,(H,22,23). The minimum absolute atomic E-state index is 0.0309. The molecule has 25 heavy (non-hydrogen) atoms. The molecule has 0 radical (unpaired) electrons. The summed E-state index contributed by atoms with van der Waals surface area (Å²) in [5.74, 6) is 0.884. The van der Waals surface area contributed by atoms with Crippen LogP contribution in [0.5, 0.6) is 5.75 Å². The lowest BCUT2D eigenvalue weighted by atomic mass is 10.2. The monoisotopic (exact) mass is 377 g/mol. The van der Waals surface area contributed by atoms with Crippen LogP contribution in [0.2, 0.25) is 5.02 Å². The first-order valence-electron chi connectivity index (χ1n) is 8.40. The second kappa shape index (κ2) is 9.73. The van der Waals surface area contributed by atoms with Crippen molar-refractivity contribution in [2.24, 2.45) is 0 Å². The number of benzene rings is 2. The number of rotatable bonds is 8. The van der Waals surface area contributed by atoms with Gasteiger partial charge in [0.2, 0.25) is 5.91 Å². The van der Waals surface area contributed by atoms with Crippen molar-refractivity contribution in [1.82, 2.24) is 5.32 Å². The van der Waals surface area contributed by atoms with Crippen LogP contribution >= 0.6 is 23.4 Å². The maximum atomic E-state index is 12.5. The Labute approximate surface area is 159 Å². The Hall–Kier alpha value is -1.65. The van der Waals surface area contributed by atoms with Crippen molar-refractivity contribution >= 4 is 29.3 Å². The summed E-state index contributed by atoms with van der Waals surface area (Å²) in [7, 11) is 0. The molecule has 0 heterocycles. The van der Waals surface area contributed by atoms with Crippen molar-refractivity contribution in [3.8, 4) is 5.75 Å². The molecule has 1 N–H and O–H groups in total. The Kier molecular flexibility index (Phi) is 7.66. The smallest absolute Gasteiger partial charge is 0.233 e. The van der Waals surface area contributed by atoms with Gasteiger partial charge in [0.15, 0.2) is 0 Å². The number of para-hydroxylation sites is 1. The molecule has 1 amide bonds. The number of hydrogen-bond donors (Lipinski definition) is 1. The summed E-state index contributed by atoms with van der Waals surface area (Å²) in [5, 5.41) is 3.60. The summed E-state index contributed by atoms with van der Waals surface area (Å²) >= 11 is 7.46. The molecule has 0 saturated carbocycles. The molecule has 0 bridgehead atoms.